The largest absolute Gasteiger partial charge is 0.495 e. The van der Waals surface area contributed by atoms with Gasteiger partial charge in [0.05, 0.1) is 17.8 Å². The third-order valence-electron chi connectivity index (χ3n) is 5.06. The first kappa shape index (κ1) is 19.9. The molecule has 0 radical (unpaired) electrons. The van der Waals surface area contributed by atoms with Crippen molar-refractivity contribution in [3.63, 3.8) is 0 Å². The average molecular weight is 430 g/mol. The zero-order chi connectivity index (χ0) is 20.4. The summed E-state index contributed by atoms with van der Waals surface area (Å²) in [6, 6.07) is 15.3. The van der Waals surface area contributed by atoms with Crippen LogP contribution in [0.15, 0.2) is 58.8 Å². The quantitative estimate of drug-likeness (QED) is 0.620. The second kappa shape index (κ2) is 8.14. The van der Waals surface area contributed by atoms with Gasteiger partial charge in [-0.3, -0.25) is 0 Å². The molecular weight excluding hydrogens is 406 g/mol. The van der Waals surface area contributed by atoms with Crippen molar-refractivity contribution in [1.29, 1.82) is 0 Å². The number of sulfonamides is 1. The number of methoxy groups -OCH3 is 1. The van der Waals surface area contributed by atoms with E-state index in [0.29, 0.717) is 31.9 Å². The van der Waals surface area contributed by atoms with Crippen LogP contribution < -0.4 is 9.64 Å². The molecule has 0 atom stereocenters. The molecule has 6 nitrogen and oxygen atoms in total. The van der Waals surface area contributed by atoms with Gasteiger partial charge in [0.1, 0.15) is 10.6 Å². The van der Waals surface area contributed by atoms with Gasteiger partial charge in [-0.1, -0.05) is 18.2 Å². The minimum atomic E-state index is -3.68. The molecule has 0 spiro atoms. The molecule has 1 aliphatic rings. The Balaban J connectivity index is 1.60. The van der Waals surface area contributed by atoms with E-state index in [-0.39, 0.29) is 4.90 Å². The fourth-order valence-corrected chi connectivity index (χ4v) is 5.72. The molecule has 8 heteroatoms. The number of anilines is 1. The molecular formula is C21H23N3O3S2. The third kappa shape index (κ3) is 4.01. The molecule has 2 aromatic carbocycles. The van der Waals surface area contributed by atoms with Crippen LogP contribution in [0.5, 0.6) is 5.75 Å². The Morgan fingerprint density at radius 3 is 2.38 bits per heavy atom. The molecule has 3 aromatic rings. The van der Waals surface area contributed by atoms with Gasteiger partial charge in [0.15, 0.2) is 0 Å². The number of aromatic nitrogens is 1. The first-order valence-corrected chi connectivity index (χ1v) is 11.7. The van der Waals surface area contributed by atoms with Gasteiger partial charge in [0.2, 0.25) is 10.0 Å². The summed E-state index contributed by atoms with van der Waals surface area (Å²) >= 11 is 1.54. The second-order valence-corrected chi connectivity index (χ2v) is 9.81. The Kier molecular flexibility index (Phi) is 5.58. The van der Waals surface area contributed by atoms with Crippen LogP contribution in [0, 0.1) is 6.92 Å². The fourth-order valence-electron chi connectivity index (χ4n) is 3.50. The van der Waals surface area contributed by atoms with Gasteiger partial charge in [-0.25, -0.2) is 13.4 Å². The van der Waals surface area contributed by atoms with E-state index in [1.165, 1.54) is 7.11 Å². The average Bonchev–Trinajstić information content (AvgIpc) is 3.20. The molecule has 0 saturated carbocycles. The number of piperazine rings is 1. The van der Waals surface area contributed by atoms with Crippen molar-refractivity contribution < 1.29 is 13.2 Å². The predicted molar refractivity (Wildman–Crippen MR) is 116 cm³/mol. The third-order valence-corrected chi connectivity index (χ3v) is 7.75. The van der Waals surface area contributed by atoms with Crippen LogP contribution in [0.25, 0.3) is 11.3 Å². The van der Waals surface area contributed by atoms with E-state index in [2.05, 4.69) is 9.88 Å². The van der Waals surface area contributed by atoms with Gasteiger partial charge >= 0.3 is 0 Å². The van der Waals surface area contributed by atoms with Crippen molar-refractivity contribution in [1.82, 2.24) is 9.29 Å². The summed E-state index contributed by atoms with van der Waals surface area (Å²) < 4.78 is 33.7. The van der Waals surface area contributed by atoms with Gasteiger partial charge in [0.25, 0.3) is 0 Å². The van der Waals surface area contributed by atoms with E-state index in [0.717, 1.165) is 22.0 Å². The maximum atomic E-state index is 13.4. The summed E-state index contributed by atoms with van der Waals surface area (Å²) in [5.74, 6) is 0.353. The van der Waals surface area contributed by atoms with Crippen molar-refractivity contribution in [2.24, 2.45) is 0 Å². The molecule has 0 bridgehead atoms. The van der Waals surface area contributed by atoms with Crippen molar-refractivity contribution >= 4 is 27.0 Å². The molecule has 0 N–H and O–H groups in total. The number of thiazole rings is 1. The highest BCUT2D eigenvalue weighted by Crippen LogP contribution is 2.33. The monoisotopic (exact) mass is 429 g/mol. The Hall–Kier alpha value is -2.42. The summed E-state index contributed by atoms with van der Waals surface area (Å²) in [5.41, 5.74) is 2.67. The van der Waals surface area contributed by atoms with Crippen molar-refractivity contribution in [3.8, 4) is 17.0 Å². The van der Waals surface area contributed by atoms with Crippen LogP contribution in [0.4, 0.5) is 5.69 Å². The highest BCUT2D eigenvalue weighted by atomic mass is 32.2. The topological polar surface area (TPSA) is 62.7 Å². The maximum Gasteiger partial charge on any atom is 0.246 e. The van der Waals surface area contributed by atoms with Crippen LogP contribution in [0.3, 0.4) is 0 Å². The summed E-state index contributed by atoms with van der Waals surface area (Å²) in [4.78, 5) is 6.88. The number of nitrogens with zero attached hydrogens (tertiary/aromatic N) is 3. The first-order chi connectivity index (χ1) is 14.0. The van der Waals surface area contributed by atoms with E-state index < -0.39 is 10.0 Å². The Morgan fingerprint density at radius 2 is 1.76 bits per heavy atom. The van der Waals surface area contributed by atoms with Crippen molar-refractivity contribution in [2.45, 2.75) is 11.8 Å². The molecule has 1 saturated heterocycles. The predicted octanol–water partition coefficient (Wildman–Crippen LogP) is 3.64. The Bertz CT molecular complexity index is 1090. The number of ether oxygens (including phenoxy) is 1. The van der Waals surface area contributed by atoms with Gasteiger partial charge < -0.3 is 9.64 Å². The van der Waals surface area contributed by atoms with E-state index in [9.17, 15) is 8.42 Å². The van der Waals surface area contributed by atoms with Gasteiger partial charge in [-0.2, -0.15) is 4.31 Å². The highest BCUT2D eigenvalue weighted by Gasteiger charge is 2.31. The van der Waals surface area contributed by atoms with E-state index >= 15 is 0 Å². The summed E-state index contributed by atoms with van der Waals surface area (Å²) in [5, 5.41) is 2.88. The molecule has 1 fully saturated rings. The number of aryl methyl sites for hydroxylation is 1. The zero-order valence-electron chi connectivity index (χ0n) is 16.4. The number of benzene rings is 2. The minimum Gasteiger partial charge on any atom is -0.495 e. The molecule has 1 aromatic heterocycles. The lowest BCUT2D eigenvalue weighted by Crippen LogP contribution is -2.48. The van der Waals surface area contributed by atoms with Gasteiger partial charge in [0, 0.05) is 42.8 Å². The van der Waals surface area contributed by atoms with E-state index in [1.807, 2.05) is 48.7 Å². The Morgan fingerprint density at radius 1 is 1.03 bits per heavy atom. The molecule has 0 aliphatic carbocycles. The zero-order valence-corrected chi connectivity index (χ0v) is 18.0. The van der Waals surface area contributed by atoms with Crippen LogP contribution in [0.1, 0.15) is 5.01 Å². The molecule has 0 unspecified atom stereocenters. The molecule has 4 rings (SSSR count). The summed E-state index contributed by atoms with van der Waals surface area (Å²) in [6.07, 6.45) is 0. The number of hydrogen-bond donors (Lipinski definition) is 0. The number of rotatable bonds is 5. The lowest BCUT2D eigenvalue weighted by atomic mass is 10.2. The Labute approximate surface area is 175 Å². The minimum absolute atomic E-state index is 0.191. The second-order valence-electron chi connectivity index (χ2n) is 6.84. The highest BCUT2D eigenvalue weighted by molar-refractivity contribution is 7.89. The van der Waals surface area contributed by atoms with Crippen molar-refractivity contribution in [3.05, 3.63) is 58.9 Å². The smallest absolute Gasteiger partial charge is 0.246 e. The molecule has 1 aliphatic heterocycles. The molecule has 2 heterocycles. The summed E-state index contributed by atoms with van der Waals surface area (Å²) in [6.45, 7) is 4.09. The fraction of sp³-hybridized carbons (Fsp3) is 0.286. The van der Waals surface area contributed by atoms with E-state index in [1.54, 1.807) is 27.8 Å². The SMILES string of the molecule is COc1ccc(-c2csc(C)n2)cc1S(=O)(=O)N1CCN(c2ccccc2)CC1. The van der Waals surface area contributed by atoms with E-state index in [4.69, 9.17) is 4.74 Å². The summed E-state index contributed by atoms with van der Waals surface area (Å²) in [7, 11) is -2.18. The lowest BCUT2D eigenvalue weighted by molar-refractivity contribution is 0.374. The van der Waals surface area contributed by atoms with Crippen LogP contribution in [0.2, 0.25) is 0 Å². The molecule has 0 amide bonds. The number of hydrogen-bond acceptors (Lipinski definition) is 6. The van der Waals surface area contributed by atoms with Gasteiger partial charge in [-0.05, 0) is 37.3 Å². The maximum absolute atomic E-state index is 13.4. The standard InChI is InChI=1S/C21H23N3O3S2/c1-16-22-19(15-28-16)17-8-9-20(27-2)21(14-17)29(25,26)24-12-10-23(11-13-24)18-6-4-3-5-7-18/h3-9,14-15H,10-13H2,1-2H3. The molecule has 29 heavy (non-hydrogen) atoms. The normalized spacial score (nSPS) is 15.4. The first-order valence-electron chi connectivity index (χ1n) is 9.40. The van der Waals surface area contributed by atoms with Gasteiger partial charge in [-0.15, -0.1) is 11.3 Å². The lowest BCUT2D eigenvalue weighted by Gasteiger charge is -2.35. The number of para-hydroxylation sites is 1. The van der Waals surface area contributed by atoms with Crippen LogP contribution in [-0.2, 0) is 10.0 Å². The van der Waals surface area contributed by atoms with Crippen LogP contribution in [-0.4, -0.2) is 51.0 Å². The van der Waals surface area contributed by atoms with Crippen molar-refractivity contribution in [2.75, 3.05) is 38.2 Å². The molecule has 152 valence electrons. The van der Waals surface area contributed by atoms with Crippen LogP contribution >= 0.6 is 11.3 Å².